The van der Waals surface area contributed by atoms with Gasteiger partial charge in [0.15, 0.2) is 5.78 Å². The maximum atomic E-state index is 11.7. The number of rotatable bonds is 5. The zero-order valence-corrected chi connectivity index (χ0v) is 10.7. The van der Waals surface area contributed by atoms with Crippen LogP contribution in [0.5, 0.6) is 5.75 Å². The fourth-order valence-corrected chi connectivity index (χ4v) is 1.35. The second-order valence-electron chi connectivity index (χ2n) is 3.23. The van der Waals surface area contributed by atoms with Crippen LogP contribution >= 0.6 is 0 Å². The summed E-state index contributed by atoms with van der Waals surface area (Å²) in [6, 6.07) is 7.37. The molecule has 0 aromatic heterocycles. The van der Waals surface area contributed by atoms with E-state index >= 15 is 0 Å². The molecule has 0 saturated heterocycles. The van der Waals surface area contributed by atoms with Gasteiger partial charge in [-0.1, -0.05) is 39.3 Å². The Morgan fingerprint density at radius 2 is 1.88 bits per heavy atom. The average Bonchev–Trinajstić information content (AvgIpc) is 2.38. The molecule has 0 heterocycles. The minimum Gasteiger partial charge on any atom is -0.496 e. The Hall–Kier alpha value is -1.31. The molecule has 0 atom stereocenters. The van der Waals surface area contributed by atoms with Crippen LogP contribution in [-0.4, -0.2) is 12.9 Å². The van der Waals surface area contributed by atoms with Crippen LogP contribution in [0, 0.1) is 0 Å². The van der Waals surface area contributed by atoms with Gasteiger partial charge < -0.3 is 4.74 Å². The van der Waals surface area contributed by atoms with Gasteiger partial charge in [-0.2, -0.15) is 0 Å². The van der Waals surface area contributed by atoms with Crippen LogP contribution in [0.1, 0.15) is 50.4 Å². The highest BCUT2D eigenvalue weighted by atomic mass is 16.5. The number of methoxy groups -OCH3 is 1. The zero-order chi connectivity index (χ0) is 12.4. The largest absolute Gasteiger partial charge is 0.496 e. The Balaban J connectivity index is 0.00000106. The third-order valence-corrected chi connectivity index (χ3v) is 2.16. The summed E-state index contributed by atoms with van der Waals surface area (Å²) in [6.45, 7) is 6.08. The topological polar surface area (TPSA) is 26.3 Å². The van der Waals surface area contributed by atoms with Crippen molar-refractivity contribution >= 4 is 5.78 Å². The smallest absolute Gasteiger partial charge is 0.166 e. The molecule has 1 rings (SSSR count). The molecule has 0 radical (unpaired) electrons. The number of ether oxygens (including phenoxy) is 1. The molecule has 90 valence electrons. The van der Waals surface area contributed by atoms with Gasteiger partial charge in [-0.25, -0.2) is 0 Å². The number of carbonyl (C=O) groups is 1. The van der Waals surface area contributed by atoms with E-state index in [0.29, 0.717) is 17.7 Å². The van der Waals surface area contributed by atoms with E-state index in [1.807, 2.05) is 38.1 Å². The van der Waals surface area contributed by atoms with Crippen molar-refractivity contribution in [1.29, 1.82) is 0 Å². The highest BCUT2D eigenvalue weighted by Crippen LogP contribution is 2.19. The summed E-state index contributed by atoms with van der Waals surface area (Å²) in [4.78, 5) is 11.7. The lowest BCUT2D eigenvalue weighted by Crippen LogP contribution is -2.01. The third-order valence-electron chi connectivity index (χ3n) is 2.16. The predicted molar refractivity (Wildman–Crippen MR) is 68.2 cm³/mol. The van der Waals surface area contributed by atoms with Gasteiger partial charge in [0.25, 0.3) is 0 Å². The van der Waals surface area contributed by atoms with Gasteiger partial charge in [-0.3, -0.25) is 4.79 Å². The third kappa shape index (κ3) is 4.47. The lowest BCUT2D eigenvalue weighted by Gasteiger charge is -2.06. The van der Waals surface area contributed by atoms with E-state index in [1.165, 1.54) is 0 Å². The number of hydrogen-bond donors (Lipinski definition) is 0. The molecule has 1 aromatic carbocycles. The number of ketones is 1. The molecule has 2 heteroatoms. The van der Waals surface area contributed by atoms with Crippen LogP contribution in [0.4, 0.5) is 0 Å². The van der Waals surface area contributed by atoms with Gasteiger partial charge in [-0.05, 0) is 18.6 Å². The van der Waals surface area contributed by atoms with Gasteiger partial charge in [0.2, 0.25) is 0 Å². The summed E-state index contributed by atoms with van der Waals surface area (Å²) >= 11 is 0. The summed E-state index contributed by atoms with van der Waals surface area (Å²) < 4.78 is 5.13. The number of unbranched alkanes of at least 4 members (excludes halogenated alkanes) is 1. The Kier molecular flexibility index (Phi) is 8.22. The maximum Gasteiger partial charge on any atom is 0.166 e. The van der Waals surface area contributed by atoms with Gasteiger partial charge in [0.1, 0.15) is 5.75 Å². The zero-order valence-electron chi connectivity index (χ0n) is 10.7. The van der Waals surface area contributed by atoms with E-state index in [-0.39, 0.29) is 5.78 Å². The van der Waals surface area contributed by atoms with Crippen molar-refractivity contribution in [3.63, 3.8) is 0 Å². The maximum absolute atomic E-state index is 11.7. The fraction of sp³-hybridized carbons (Fsp3) is 0.500. The molecule has 0 fully saturated rings. The first-order valence-corrected chi connectivity index (χ1v) is 5.95. The van der Waals surface area contributed by atoms with E-state index < -0.39 is 0 Å². The molecule has 0 amide bonds. The Morgan fingerprint density at radius 1 is 1.25 bits per heavy atom. The lowest BCUT2D eigenvalue weighted by atomic mass is 10.0. The summed E-state index contributed by atoms with van der Waals surface area (Å²) in [7, 11) is 1.59. The van der Waals surface area contributed by atoms with Crippen LogP contribution in [0.2, 0.25) is 0 Å². The highest BCUT2D eigenvalue weighted by molar-refractivity contribution is 5.98. The van der Waals surface area contributed by atoms with Crippen LogP contribution in [0.15, 0.2) is 24.3 Å². The summed E-state index contributed by atoms with van der Waals surface area (Å²) in [5.41, 5.74) is 0.698. The van der Waals surface area contributed by atoms with Crippen molar-refractivity contribution in [2.75, 3.05) is 7.11 Å². The second kappa shape index (κ2) is 8.96. The molecule has 16 heavy (non-hydrogen) atoms. The number of para-hydroxylation sites is 1. The van der Waals surface area contributed by atoms with Crippen LogP contribution in [0.3, 0.4) is 0 Å². The summed E-state index contributed by atoms with van der Waals surface area (Å²) in [5, 5.41) is 0. The molecule has 0 aliphatic heterocycles. The molecule has 0 spiro atoms. The normalized spacial score (nSPS) is 9.00. The molecular formula is C14H22O2. The summed E-state index contributed by atoms with van der Waals surface area (Å²) in [6.07, 6.45) is 2.59. The molecule has 0 bridgehead atoms. The van der Waals surface area contributed by atoms with Crippen molar-refractivity contribution in [3.05, 3.63) is 29.8 Å². The van der Waals surface area contributed by atoms with Crippen molar-refractivity contribution in [3.8, 4) is 5.75 Å². The molecule has 0 aliphatic carbocycles. The van der Waals surface area contributed by atoms with Crippen molar-refractivity contribution in [2.24, 2.45) is 0 Å². The number of Topliss-reactive ketones (excluding diaryl/α,β-unsaturated/α-hetero) is 1. The van der Waals surface area contributed by atoms with Crippen LogP contribution in [0.25, 0.3) is 0 Å². The monoisotopic (exact) mass is 222 g/mol. The lowest BCUT2D eigenvalue weighted by molar-refractivity contribution is 0.0977. The molecule has 0 unspecified atom stereocenters. The van der Waals surface area contributed by atoms with Gasteiger partial charge in [0, 0.05) is 6.42 Å². The minimum absolute atomic E-state index is 0.171. The number of carbonyl (C=O) groups excluding carboxylic acids is 1. The Labute approximate surface area is 98.6 Å². The van der Waals surface area contributed by atoms with Crippen molar-refractivity contribution in [1.82, 2.24) is 0 Å². The van der Waals surface area contributed by atoms with Crippen LogP contribution < -0.4 is 4.74 Å². The highest BCUT2D eigenvalue weighted by Gasteiger charge is 2.09. The molecule has 0 N–H and O–H groups in total. The first-order valence-electron chi connectivity index (χ1n) is 5.95. The van der Waals surface area contributed by atoms with Crippen molar-refractivity contribution < 1.29 is 9.53 Å². The first-order chi connectivity index (χ1) is 7.79. The van der Waals surface area contributed by atoms with Gasteiger partial charge >= 0.3 is 0 Å². The molecule has 1 aromatic rings. The quantitative estimate of drug-likeness (QED) is 0.701. The Bertz CT molecular complexity index is 305. The van der Waals surface area contributed by atoms with Crippen LogP contribution in [-0.2, 0) is 0 Å². The standard InChI is InChI=1S/C12H16O2.C2H6/c1-3-4-8-11(13)10-7-5-6-9-12(10)14-2;1-2/h5-7,9H,3-4,8H2,1-2H3;1-2H3. The van der Waals surface area contributed by atoms with Gasteiger partial charge in [-0.15, -0.1) is 0 Å². The fourth-order valence-electron chi connectivity index (χ4n) is 1.35. The van der Waals surface area contributed by atoms with E-state index in [1.54, 1.807) is 7.11 Å². The molecular weight excluding hydrogens is 200 g/mol. The minimum atomic E-state index is 0.171. The number of hydrogen-bond acceptors (Lipinski definition) is 2. The Morgan fingerprint density at radius 3 is 2.44 bits per heavy atom. The van der Waals surface area contributed by atoms with Crippen molar-refractivity contribution in [2.45, 2.75) is 40.0 Å². The first kappa shape index (κ1) is 14.7. The molecule has 2 nitrogen and oxygen atoms in total. The van der Waals surface area contributed by atoms with E-state index in [9.17, 15) is 4.79 Å². The summed E-state index contributed by atoms with van der Waals surface area (Å²) in [5.74, 6) is 0.845. The molecule has 0 saturated carbocycles. The van der Waals surface area contributed by atoms with Gasteiger partial charge in [0.05, 0.1) is 12.7 Å². The van der Waals surface area contributed by atoms with E-state index in [2.05, 4.69) is 6.92 Å². The van der Waals surface area contributed by atoms with E-state index in [0.717, 1.165) is 12.8 Å². The SMILES string of the molecule is CC.CCCCC(=O)c1ccccc1OC. The second-order valence-corrected chi connectivity index (χ2v) is 3.23. The average molecular weight is 222 g/mol. The van der Waals surface area contributed by atoms with E-state index in [4.69, 9.17) is 4.74 Å². The molecule has 0 aliphatic rings. The predicted octanol–water partition coefficient (Wildman–Crippen LogP) is 4.09. The number of benzene rings is 1.